The van der Waals surface area contributed by atoms with Gasteiger partial charge < -0.3 is 29.9 Å². The van der Waals surface area contributed by atoms with Crippen molar-refractivity contribution >= 4 is 11.9 Å². The molecule has 0 fully saturated rings. The molecule has 2 aliphatic rings. The largest absolute Gasteiger partial charge is 0.481 e. The molecule has 8 nitrogen and oxygen atoms in total. The number of ether oxygens (including phenoxy) is 2. The van der Waals surface area contributed by atoms with Gasteiger partial charge in [-0.05, 0) is 80.2 Å². The van der Waals surface area contributed by atoms with Crippen LogP contribution in [0.25, 0.3) is 0 Å². The third-order valence-corrected chi connectivity index (χ3v) is 7.82. The van der Waals surface area contributed by atoms with Crippen LogP contribution in [-0.2, 0) is 14.3 Å². The van der Waals surface area contributed by atoms with Crippen molar-refractivity contribution in [1.29, 1.82) is 0 Å². The van der Waals surface area contributed by atoms with E-state index in [4.69, 9.17) is 14.6 Å². The van der Waals surface area contributed by atoms with E-state index in [2.05, 4.69) is 13.0 Å². The summed E-state index contributed by atoms with van der Waals surface area (Å²) in [5, 5.41) is 39.7. The lowest BCUT2D eigenvalue weighted by Gasteiger charge is -2.43. The number of carboxylic acids is 1. The Morgan fingerprint density at radius 2 is 1.87 bits per heavy atom. The molecule has 0 saturated carbocycles. The minimum Gasteiger partial charge on any atom is -0.481 e. The van der Waals surface area contributed by atoms with Gasteiger partial charge in [0.15, 0.2) is 6.10 Å². The number of aliphatic carboxylic acids is 1. The van der Waals surface area contributed by atoms with Gasteiger partial charge >= 0.3 is 11.9 Å². The Hall–Kier alpha value is -2.68. The lowest BCUT2D eigenvalue weighted by molar-refractivity contribution is -0.163. The topological polar surface area (TPSA) is 134 Å². The van der Waals surface area contributed by atoms with Gasteiger partial charge in [0.1, 0.15) is 11.9 Å². The third kappa shape index (κ3) is 7.91. The summed E-state index contributed by atoms with van der Waals surface area (Å²) in [4.78, 5) is 24.1. The Morgan fingerprint density at radius 3 is 2.53 bits per heavy atom. The van der Waals surface area contributed by atoms with E-state index >= 15 is 0 Å². The molecule has 1 aromatic rings. The fraction of sp³-hybridized carbons (Fsp3) is 0.600. The first-order valence-corrected chi connectivity index (χ1v) is 13.6. The van der Waals surface area contributed by atoms with Crippen molar-refractivity contribution in [1.82, 2.24) is 0 Å². The van der Waals surface area contributed by atoms with Gasteiger partial charge in [-0.1, -0.05) is 38.1 Å². The Morgan fingerprint density at radius 1 is 1.13 bits per heavy atom. The predicted molar refractivity (Wildman–Crippen MR) is 143 cm³/mol. The van der Waals surface area contributed by atoms with E-state index in [9.17, 15) is 24.9 Å². The smallest absolute Gasteiger partial charge is 0.347 e. The number of esters is 1. The highest BCUT2D eigenvalue weighted by molar-refractivity contribution is 5.75. The number of aliphatic hydroxyl groups is 3. The number of carbonyl (C=O) groups excluding carboxylic acids is 1. The summed E-state index contributed by atoms with van der Waals surface area (Å²) in [5.74, 6) is -0.961. The maximum atomic E-state index is 13.3. The summed E-state index contributed by atoms with van der Waals surface area (Å²) in [5.41, 5.74) is 3.11. The fourth-order valence-corrected chi connectivity index (χ4v) is 5.56. The van der Waals surface area contributed by atoms with Crippen LogP contribution in [-0.4, -0.2) is 62.9 Å². The van der Waals surface area contributed by atoms with Crippen LogP contribution in [0.15, 0.2) is 42.0 Å². The Kier molecular flexibility index (Phi) is 10.5. The zero-order chi connectivity index (χ0) is 28.0. The van der Waals surface area contributed by atoms with Crippen LogP contribution in [0.1, 0.15) is 63.5 Å². The molecule has 3 rings (SSSR count). The first-order valence-electron chi connectivity index (χ1n) is 13.6. The van der Waals surface area contributed by atoms with Crippen molar-refractivity contribution in [2.45, 2.75) is 96.7 Å². The fourth-order valence-electron chi connectivity index (χ4n) is 5.56. The molecule has 8 unspecified atom stereocenters. The first kappa shape index (κ1) is 29.9. The molecule has 0 saturated heterocycles. The minimum atomic E-state index is -1.11. The molecule has 0 heterocycles. The van der Waals surface area contributed by atoms with Crippen LogP contribution in [0.3, 0.4) is 0 Å². The molecule has 8 heteroatoms. The number of allylic oxidation sites excluding steroid dienone is 2. The molecule has 0 aromatic heterocycles. The third-order valence-electron chi connectivity index (χ3n) is 7.82. The van der Waals surface area contributed by atoms with Crippen molar-refractivity contribution in [3.8, 4) is 5.75 Å². The van der Waals surface area contributed by atoms with Crippen LogP contribution in [0.4, 0.5) is 0 Å². The molecule has 0 spiro atoms. The molecular formula is C30H42O8. The van der Waals surface area contributed by atoms with Gasteiger partial charge in [0.25, 0.3) is 0 Å². The second-order valence-corrected chi connectivity index (χ2v) is 10.8. The van der Waals surface area contributed by atoms with Crippen molar-refractivity contribution in [3.63, 3.8) is 0 Å². The van der Waals surface area contributed by atoms with Crippen molar-refractivity contribution in [2.75, 3.05) is 0 Å². The molecule has 1 aromatic carbocycles. The van der Waals surface area contributed by atoms with Crippen LogP contribution < -0.4 is 4.74 Å². The number of aryl methyl sites for hydroxylation is 2. The van der Waals surface area contributed by atoms with E-state index in [1.54, 1.807) is 6.08 Å². The lowest BCUT2D eigenvalue weighted by Crippen LogP contribution is -2.44. The van der Waals surface area contributed by atoms with E-state index in [0.29, 0.717) is 25.0 Å². The molecular weight excluding hydrogens is 488 g/mol. The Balaban J connectivity index is 1.71. The number of hydrogen-bond acceptors (Lipinski definition) is 7. The number of carbonyl (C=O) groups is 2. The van der Waals surface area contributed by atoms with Gasteiger partial charge in [0.05, 0.1) is 24.7 Å². The highest BCUT2D eigenvalue weighted by Gasteiger charge is 2.42. The summed E-state index contributed by atoms with van der Waals surface area (Å²) < 4.78 is 12.0. The molecule has 2 aliphatic carbocycles. The number of hydrogen-bond donors (Lipinski definition) is 4. The second-order valence-electron chi connectivity index (χ2n) is 10.8. The standard InChI is InChI=1S/C30H42O8/c1-5-26(37-24-10-7-17(2)19(4)12-24)30(36)38-27-15-22(32)13-20-8-6-18(3)25(29(20)27)11-9-21(31)14-23(33)16-28(34)35/h6-8,10,12-13,18,21-23,25-27,29,31-33H,5,9,11,14-16H2,1-4H3,(H,34,35). The van der Waals surface area contributed by atoms with E-state index in [1.165, 1.54) is 0 Å². The van der Waals surface area contributed by atoms with Crippen LogP contribution >= 0.6 is 0 Å². The van der Waals surface area contributed by atoms with Gasteiger partial charge in [0.2, 0.25) is 0 Å². The highest BCUT2D eigenvalue weighted by atomic mass is 16.6. The molecule has 38 heavy (non-hydrogen) atoms. The van der Waals surface area contributed by atoms with E-state index in [-0.39, 0.29) is 30.6 Å². The molecule has 0 bridgehead atoms. The summed E-state index contributed by atoms with van der Waals surface area (Å²) in [6.45, 7) is 7.94. The normalized spacial score (nSPS) is 27.0. The van der Waals surface area contributed by atoms with Crippen LogP contribution in [0, 0.1) is 31.6 Å². The van der Waals surface area contributed by atoms with Gasteiger partial charge in [-0.2, -0.15) is 0 Å². The van der Waals surface area contributed by atoms with Gasteiger partial charge in [-0.3, -0.25) is 4.79 Å². The number of carboxylic acid groups (broad SMARTS) is 1. The van der Waals surface area contributed by atoms with Gasteiger partial charge in [0, 0.05) is 12.3 Å². The van der Waals surface area contributed by atoms with Crippen molar-refractivity contribution in [2.24, 2.45) is 17.8 Å². The van der Waals surface area contributed by atoms with Crippen LogP contribution in [0.5, 0.6) is 5.75 Å². The summed E-state index contributed by atoms with van der Waals surface area (Å²) >= 11 is 0. The molecule has 4 N–H and O–H groups in total. The number of benzene rings is 1. The minimum absolute atomic E-state index is 0.0122. The molecule has 0 aliphatic heterocycles. The summed E-state index contributed by atoms with van der Waals surface area (Å²) in [6.07, 6.45) is 3.07. The second kappa shape index (κ2) is 13.4. The number of aliphatic hydroxyl groups excluding tert-OH is 3. The maximum absolute atomic E-state index is 13.3. The zero-order valence-corrected chi connectivity index (χ0v) is 22.7. The van der Waals surface area contributed by atoms with Crippen molar-refractivity contribution < 1.29 is 39.5 Å². The SMILES string of the molecule is CCC(Oc1ccc(C)c(C)c1)C(=O)OC1CC(O)C=C2C=CC(C)C(CCC(O)CC(O)CC(=O)O)C21. The highest BCUT2D eigenvalue weighted by Crippen LogP contribution is 2.44. The van der Waals surface area contributed by atoms with Gasteiger partial charge in [-0.15, -0.1) is 0 Å². The number of fused-ring (bicyclic) bond motifs is 1. The van der Waals surface area contributed by atoms with Gasteiger partial charge in [-0.25, -0.2) is 4.79 Å². The van der Waals surface area contributed by atoms with Crippen molar-refractivity contribution in [3.05, 3.63) is 53.1 Å². The first-order chi connectivity index (χ1) is 18.0. The average Bonchev–Trinajstić information content (AvgIpc) is 2.83. The maximum Gasteiger partial charge on any atom is 0.347 e. The van der Waals surface area contributed by atoms with Crippen LogP contribution in [0.2, 0.25) is 0 Å². The molecule has 0 amide bonds. The van der Waals surface area contributed by atoms with E-state index in [0.717, 1.165) is 16.7 Å². The average molecular weight is 531 g/mol. The zero-order valence-electron chi connectivity index (χ0n) is 22.7. The summed E-state index contributed by atoms with van der Waals surface area (Å²) in [6, 6.07) is 5.69. The monoisotopic (exact) mass is 530 g/mol. The molecule has 0 radical (unpaired) electrons. The molecule has 8 atom stereocenters. The number of rotatable bonds is 12. The summed E-state index contributed by atoms with van der Waals surface area (Å²) in [7, 11) is 0. The Bertz CT molecular complexity index is 1030. The van der Waals surface area contributed by atoms with E-state index < -0.39 is 48.9 Å². The van der Waals surface area contributed by atoms with E-state index in [1.807, 2.05) is 45.0 Å². The predicted octanol–water partition coefficient (Wildman–Crippen LogP) is 3.87. The lowest BCUT2D eigenvalue weighted by atomic mass is 9.66. The Labute approximate surface area is 225 Å². The quantitative estimate of drug-likeness (QED) is 0.299. The molecule has 210 valence electrons.